The Labute approximate surface area is 94.7 Å². The van der Waals surface area contributed by atoms with Crippen LogP contribution >= 0.6 is 0 Å². The predicted molar refractivity (Wildman–Crippen MR) is 63.5 cm³/mol. The fraction of sp³-hybridized carbons (Fsp3) is 0.500. The number of hydrogen-bond acceptors (Lipinski definition) is 3. The molecule has 4 nitrogen and oxygen atoms in total. The Kier molecular flexibility index (Phi) is 2.09. The van der Waals surface area contributed by atoms with Gasteiger partial charge in [-0.1, -0.05) is 19.4 Å². The van der Waals surface area contributed by atoms with Crippen molar-refractivity contribution in [3.05, 3.63) is 23.9 Å². The van der Waals surface area contributed by atoms with Crippen LogP contribution in [0.2, 0.25) is 0 Å². The molecule has 0 spiro atoms. The van der Waals surface area contributed by atoms with Crippen molar-refractivity contribution in [3.8, 4) is 0 Å². The number of aryl methyl sites for hydroxylation is 1. The van der Waals surface area contributed by atoms with E-state index < -0.39 is 0 Å². The summed E-state index contributed by atoms with van der Waals surface area (Å²) in [6.07, 6.45) is 4.43. The van der Waals surface area contributed by atoms with Gasteiger partial charge in [-0.25, -0.2) is 4.52 Å². The zero-order valence-electron chi connectivity index (χ0n) is 9.64. The summed E-state index contributed by atoms with van der Waals surface area (Å²) in [4.78, 5) is 4.50. The number of anilines is 1. The van der Waals surface area contributed by atoms with Gasteiger partial charge in [-0.05, 0) is 30.9 Å². The second-order valence-corrected chi connectivity index (χ2v) is 4.55. The molecule has 0 amide bonds. The first-order valence-corrected chi connectivity index (χ1v) is 5.86. The molecule has 1 fully saturated rings. The van der Waals surface area contributed by atoms with Crippen LogP contribution < -0.4 is 5.32 Å². The molecule has 2 unspecified atom stereocenters. The van der Waals surface area contributed by atoms with E-state index >= 15 is 0 Å². The van der Waals surface area contributed by atoms with E-state index in [1.165, 1.54) is 12.8 Å². The highest BCUT2D eigenvalue weighted by Gasteiger charge is 2.35. The quantitative estimate of drug-likeness (QED) is 0.855. The van der Waals surface area contributed by atoms with Crippen LogP contribution in [0.4, 0.5) is 5.95 Å². The average molecular weight is 216 g/mol. The van der Waals surface area contributed by atoms with Gasteiger partial charge in [0.15, 0.2) is 5.65 Å². The van der Waals surface area contributed by atoms with Crippen LogP contribution in [0.15, 0.2) is 18.3 Å². The Balaban J connectivity index is 1.86. The van der Waals surface area contributed by atoms with E-state index in [9.17, 15) is 0 Å². The van der Waals surface area contributed by atoms with E-state index in [1.807, 2.05) is 16.8 Å². The number of hydrogen-bond donors (Lipinski definition) is 1. The Bertz CT molecular complexity index is 517. The molecule has 2 aromatic rings. The van der Waals surface area contributed by atoms with E-state index in [0.29, 0.717) is 6.04 Å². The summed E-state index contributed by atoms with van der Waals surface area (Å²) < 4.78 is 1.83. The lowest BCUT2D eigenvalue weighted by Gasteiger charge is -1.97. The van der Waals surface area contributed by atoms with E-state index in [1.54, 1.807) is 0 Å². The Morgan fingerprint density at radius 3 is 3.12 bits per heavy atom. The van der Waals surface area contributed by atoms with Gasteiger partial charge in [0.25, 0.3) is 0 Å². The molecule has 0 aromatic carbocycles. The van der Waals surface area contributed by atoms with Crippen molar-refractivity contribution >= 4 is 11.6 Å². The summed E-state index contributed by atoms with van der Waals surface area (Å²) in [7, 11) is 0. The third-order valence-corrected chi connectivity index (χ3v) is 3.32. The molecule has 1 aliphatic carbocycles. The highest BCUT2D eigenvalue weighted by Crippen LogP contribution is 2.35. The van der Waals surface area contributed by atoms with Crippen LogP contribution in [0, 0.1) is 12.8 Å². The standard InChI is InChI=1S/C12H16N4/c1-3-9-7-10(9)13-12-14-11-8(2)5-4-6-16(11)15-12/h4-6,9-10H,3,7H2,1-2H3,(H,13,15). The minimum absolute atomic E-state index is 0.586. The fourth-order valence-electron chi connectivity index (χ4n) is 2.14. The van der Waals surface area contributed by atoms with Gasteiger partial charge in [0.1, 0.15) is 0 Å². The largest absolute Gasteiger partial charge is 0.350 e. The van der Waals surface area contributed by atoms with Crippen molar-refractivity contribution < 1.29 is 0 Å². The molecular formula is C12H16N4. The molecule has 0 saturated heterocycles. The smallest absolute Gasteiger partial charge is 0.243 e. The highest BCUT2D eigenvalue weighted by molar-refractivity contribution is 5.50. The third-order valence-electron chi connectivity index (χ3n) is 3.32. The first-order chi connectivity index (χ1) is 7.78. The third kappa shape index (κ3) is 1.54. The molecule has 0 bridgehead atoms. The van der Waals surface area contributed by atoms with Crippen LogP contribution in [0.25, 0.3) is 5.65 Å². The second-order valence-electron chi connectivity index (χ2n) is 4.55. The zero-order valence-corrected chi connectivity index (χ0v) is 9.64. The van der Waals surface area contributed by atoms with Gasteiger partial charge in [0, 0.05) is 12.2 Å². The van der Waals surface area contributed by atoms with Crippen LogP contribution in [-0.4, -0.2) is 20.6 Å². The number of fused-ring (bicyclic) bond motifs is 1. The SMILES string of the molecule is CCC1CC1Nc1nc2c(C)cccn2n1. The summed E-state index contributed by atoms with van der Waals surface area (Å²) in [5, 5.41) is 7.81. The van der Waals surface area contributed by atoms with Gasteiger partial charge in [-0.2, -0.15) is 4.98 Å². The minimum atomic E-state index is 0.586. The normalized spacial score (nSPS) is 23.6. The van der Waals surface area contributed by atoms with Gasteiger partial charge >= 0.3 is 0 Å². The topological polar surface area (TPSA) is 42.2 Å². The summed E-state index contributed by atoms with van der Waals surface area (Å²) >= 11 is 0. The zero-order chi connectivity index (χ0) is 11.1. The van der Waals surface area contributed by atoms with Crippen molar-refractivity contribution in [2.75, 3.05) is 5.32 Å². The van der Waals surface area contributed by atoms with E-state index in [4.69, 9.17) is 0 Å². The molecule has 2 atom stereocenters. The summed E-state index contributed by atoms with van der Waals surface area (Å²) in [5.74, 6) is 1.57. The van der Waals surface area contributed by atoms with Crippen molar-refractivity contribution in [1.29, 1.82) is 0 Å². The monoisotopic (exact) mass is 216 g/mol. The molecule has 84 valence electrons. The summed E-state index contributed by atoms with van der Waals surface area (Å²) in [5.41, 5.74) is 2.10. The Hall–Kier alpha value is -1.58. The van der Waals surface area contributed by atoms with Crippen LogP contribution in [0.3, 0.4) is 0 Å². The van der Waals surface area contributed by atoms with E-state index in [-0.39, 0.29) is 0 Å². The molecular weight excluding hydrogens is 200 g/mol. The number of nitrogens with one attached hydrogen (secondary N) is 1. The molecule has 16 heavy (non-hydrogen) atoms. The highest BCUT2D eigenvalue weighted by atomic mass is 15.4. The maximum absolute atomic E-state index is 4.50. The molecule has 0 radical (unpaired) electrons. The van der Waals surface area contributed by atoms with Crippen LogP contribution in [0.1, 0.15) is 25.3 Å². The maximum Gasteiger partial charge on any atom is 0.243 e. The fourth-order valence-corrected chi connectivity index (χ4v) is 2.14. The van der Waals surface area contributed by atoms with Crippen LogP contribution in [-0.2, 0) is 0 Å². The first kappa shape index (κ1) is 9.63. The maximum atomic E-state index is 4.50. The van der Waals surface area contributed by atoms with Gasteiger partial charge in [-0.3, -0.25) is 0 Å². The molecule has 1 saturated carbocycles. The Morgan fingerprint density at radius 2 is 2.44 bits per heavy atom. The predicted octanol–water partition coefficient (Wildman–Crippen LogP) is 2.25. The van der Waals surface area contributed by atoms with Gasteiger partial charge in [-0.15, -0.1) is 5.10 Å². The van der Waals surface area contributed by atoms with Gasteiger partial charge in [0.2, 0.25) is 5.95 Å². The Morgan fingerprint density at radius 1 is 1.56 bits per heavy atom. The molecule has 2 heterocycles. The lowest BCUT2D eigenvalue weighted by Crippen LogP contribution is -2.05. The second kappa shape index (κ2) is 3.47. The van der Waals surface area contributed by atoms with Crippen molar-refractivity contribution in [3.63, 3.8) is 0 Å². The van der Waals surface area contributed by atoms with E-state index in [2.05, 4.69) is 35.3 Å². The summed E-state index contributed by atoms with van der Waals surface area (Å²) in [6.45, 7) is 4.29. The van der Waals surface area contributed by atoms with Gasteiger partial charge < -0.3 is 5.32 Å². The van der Waals surface area contributed by atoms with Crippen molar-refractivity contribution in [2.24, 2.45) is 5.92 Å². The molecule has 0 aliphatic heterocycles. The number of aromatic nitrogens is 3. The van der Waals surface area contributed by atoms with Crippen molar-refractivity contribution in [1.82, 2.24) is 14.6 Å². The van der Waals surface area contributed by atoms with Crippen molar-refractivity contribution in [2.45, 2.75) is 32.7 Å². The molecule has 1 aliphatic rings. The van der Waals surface area contributed by atoms with Gasteiger partial charge in [0.05, 0.1) is 0 Å². The van der Waals surface area contributed by atoms with Crippen LogP contribution in [0.5, 0.6) is 0 Å². The molecule has 4 heteroatoms. The number of nitrogens with zero attached hydrogens (tertiary/aromatic N) is 3. The lowest BCUT2D eigenvalue weighted by atomic mass is 10.3. The minimum Gasteiger partial charge on any atom is -0.350 e. The summed E-state index contributed by atoms with van der Waals surface area (Å²) in [6, 6.07) is 4.63. The van der Waals surface area contributed by atoms with E-state index in [0.717, 1.165) is 23.1 Å². The molecule has 1 N–H and O–H groups in total. The number of pyridine rings is 1. The molecule has 3 rings (SSSR count). The average Bonchev–Trinajstić information content (AvgIpc) is 2.87. The lowest BCUT2D eigenvalue weighted by molar-refractivity contribution is 0.771. The number of rotatable bonds is 3. The first-order valence-electron chi connectivity index (χ1n) is 5.86. The molecule has 2 aromatic heterocycles.